The van der Waals surface area contributed by atoms with Crippen molar-refractivity contribution in [1.29, 1.82) is 0 Å². The molecule has 3 rings (SSSR count). The highest BCUT2D eigenvalue weighted by atomic mass is 16.5. The molecule has 2 fully saturated rings. The SMILES string of the molecule is NC(CCCC1CCCO1)C1(c2ccccc2)CCCC1. The smallest absolute Gasteiger partial charge is 0.0576 e. The number of ether oxygens (including phenoxy) is 1. The van der Waals surface area contributed by atoms with E-state index < -0.39 is 0 Å². The van der Waals surface area contributed by atoms with Gasteiger partial charge in [0.05, 0.1) is 6.10 Å². The van der Waals surface area contributed by atoms with E-state index in [0.29, 0.717) is 12.1 Å². The Morgan fingerprint density at radius 2 is 1.90 bits per heavy atom. The van der Waals surface area contributed by atoms with Crippen LogP contribution >= 0.6 is 0 Å². The summed E-state index contributed by atoms with van der Waals surface area (Å²) < 4.78 is 5.73. The van der Waals surface area contributed by atoms with Gasteiger partial charge in [-0.2, -0.15) is 0 Å². The number of nitrogens with two attached hydrogens (primary N) is 1. The quantitative estimate of drug-likeness (QED) is 0.852. The summed E-state index contributed by atoms with van der Waals surface area (Å²) >= 11 is 0. The first kappa shape index (κ1) is 15.1. The van der Waals surface area contributed by atoms with Crippen molar-refractivity contribution < 1.29 is 4.74 Å². The second kappa shape index (κ2) is 6.93. The minimum absolute atomic E-state index is 0.234. The first-order valence-electron chi connectivity index (χ1n) is 8.74. The fraction of sp³-hybridized carbons (Fsp3) is 0.684. The highest BCUT2D eigenvalue weighted by Gasteiger charge is 2.40. The molecule has 1 aromatic carbocycles. The second-order valence-corrected chi connectivity index (χ2v) is 6.90. The Labute approximate surface area is 129 Å². The van der Waals surface area contributed by atoms with E-state index in [2.05, 4.69) is 30.3 Å². The lowest BCUT2D eigenvalue weighted by atomic mass is 9.71. The maximum Gasteiger partial charge on any atom is 0.0576 e. The third kappa shape index (κ3) is 3.32. The van der Waals surface area contributed by atoms with Crippen LogP contribution in [0.4, 0.5) is 0 Å². The fourth-order valence-electron chi connectivity index (χ4n) is 4.36. The van der Waals surface area contributed by atoms with Crippen LogP contribution in [0, 0.1) is 0 Å². The zero-order chi connectivity index (χ0) is 14.5. The summed E-state index contributed by atoms with van der Waals surface area (Å²) in [6, 6.07) is 11.3. The van der Waals surface area contributed by atoms with E-state index in [-0.39, 0.29) is 5.41 Å². The molecule has 21 heavy (non-hydrogen) atoms. The molecule has 2 atom stereocenters. The summed E-state index contributed by atoms with van der Waals surface area (Å²) in [4.78, 5) is 0. The van der Waals surface area contributed by atoms with Crippen LogP contribution in [0.3, 0.4) is 0 Å². The Morgan fingerprint density at radius 3 is 2.57 bits per heavy atom. The maximum atomic E-state index is 6.69. The van der Waals surface area contributed by atoms with Crippen LogP contribution in [0.5, 0.6) is 0 Å². The van der Waals surface area contributed by atoms with E-state index in [1.807, 2.05) is 0 Å². The van der Waals surface area contributed by atoms with E-state index in [1.54, 1.807) is 0 Å². The molecule has 116 valence electrons. The lowest BCUT2D eigenvalue weighted by Gasteiger charge is -2.36. The first-order valence-corrected chi connectivity index (χ1v) is 8.74. The van der Waals surface area contributed by atoms with Gasteiger partial charge >= 0.3 is 0 Å². The van der Waals surface area contributed by atoms with Crippen LogP contribution in [0.1, 0.15) is 63.4 Å². The summed E-state index contributed by atoms with van der Waals surface area (Å²) in [5.41, 5.74) is 8.39. The van der Waals surface area contributed by atoms with Crippen molar-refractivity contribution in [2.45, 2.75) is 75.3 Å². The van der Waals surface area contributed by atoms with Gasteiger partial charge in [-0.05, 0) is 50.5 Å². The van der Waals surface area contributed by atoms with Crippen LogP contribution in [0.15, 0.2) is 30.3 Å². The van der Waals surface area contributed by atoms with Gasteiger partial charge in [-0.15, -0.1) is 0 Å². The molecule has 1 saturated heterocycles. The van der Waals surface area contributed by atoms with Gasteiger partial charge in [0, 0.05) is 18.1 Å². The molecule has 1 heterocycles. The van der Waals surface area contributed by atoms with Gasteiger partial charge in [-0.3, -0.25) is 0 Å². The van der Waals surface area contributed by atoms with E-state index in [1.165, 1.54) is 56.9 Å². The molecular weight excluding hydrogens is 258 g/mol. The molecule has 1 aromatic rings. The average Bonchev–Trinajstić information content (AvgIpc) is 3.20. The average molecular weight is 287 g/mol. The highest BCUT2D eigenvalue weighted by molar-refractivity contribution is 5.29. The molecule has 0 radical (unpaired) electrons. The molecule has 2 N–H and O–H groups in total. The van der Waals surface area contributed by atoms with Gasteiger partial charge < -0.3 is 10.5 Å². The minimum Gasteiger partial charge on any atom is -0.378 e. The van der Waals surface area contributed by atoms with Gasteiger partial charge in [0.25, 0.3) is 0 Å². The highest BCUT2D eigenvalue weighted by Crippen LogP contribution is 2.44. The lowest BCUT2D eigenvalue weighted by molar-refractivity contribution is 0.101. The Balaban J connectivity index is 1.60. The second-order valence-electron chi connectivity index (χ2n) is 6.90. The zero-order valence-electron chi connectivity index (χ0n) is 13.1. The molecule has 1 aliphatic heterocycles. The Kier molecular flexibility index (Phi) is 4.97. The summed E-state index contributed by atoms with van der Waals surface area (Å²) in [6.45, 7) is 0.963. The lowest BCUT2D eigenvalue weighted by Crippen LogP contribution is -2.43. The van der Waals surface area contributed by atoms with Crippen LogP contribution in [-0.4, -0.2) is 18.8 Å². The van der Waals surface area contributed by atoms with E-state index in [9.17, 15) is 0 Å². The van der Waals surface area contributed by atoms with Crippen molar-refractivity contribution in [2.75, 3.05) is 6.61 Å². The topological polar surface area (TPSA) is 35.2 Å². The molecular formula is C19H29NO. The molecule has 1 aliphatic carbocycles. The van der Waals surface area contributed by atoms with Crippen molar-refractivity contribution in [3.8, 4) is 0 Å². The van der Waals surface area contributed by atoms with Crippen molar-refractivity contribution >= 4 is 0 Å². The summed E-state index contributed by atoms with van der Waals surface area (Å²) in [5, 5.41) is 0. The third-order valence-electron chi connectivity index (χ3n) is 5.62. The van der Waals surface area contributed by atoms with Crippen molar-refractivity contribution in [2.24, 2.45) is 5.73 Å². The van der Waals surface area contributed by atoms with Crippen LogP contribution in [0.2, 0.25) is 0 Å². The van der Waals surface area contributed by atoms with E-state index in [4.69, 9.17) is 10.5 Å². The molecule has 2 aliphatic rings. The Bertz CT molecular complexity index is 418. The maximum absolute atomic E-state index is 6.69. The third-order valence-corrected chi connectivity index (χ3v) is 5.62. The van der Waals surface area contributed by atoms with Gasteiger partial charge in [0.2, 0.25) is 0 Å². The van der Waals surface area contributed by atoms with Crippen molar-refractivity contribution in [1.82, 2.24) is 0 Å². The molecule has 2 nitrogen and oxygen atoms in total. The first-order chi connectivity index (χ1) is 10.3. The van der Waals surface area contributed by atoms with E-state index in [0.717, 1.165) is 13.0 Å². The predicted molar refractivity (Wildman–Crippen MR) is 87.4 cm³/mol. The summed E-state index contributed by atoms with van der Waals surface area (Å²) in [6.07, 6.45) is 11.7. The van der Waals surface area contributed by atoms with E-state index >= 15 is 0 Å². The molecule has 0 aromatic heterocycles. The largest absolute Gasteiger partial charge is 0.378 e. The summed E-state index contributed by atoms with van der Waals surface area (Å²) in [5.74, 6) is 0. The van der Waals surface area contributed by atoms with Gasteiger partial charge in [0.15, 0.2) is 0 Å². The monoisotopic (exact) mass is 287 g/mol. The molecule has 0 amide bonds. The minimum atomic E-state index is 0.234. The van der Waals surface area contributed by atoms with Gasteiger partial charge in [0.1, 0.15) is 0 Å². The van der Waals surface area contributed by atoms with Crippen LogP contribution in [0.25, 0.3) is 0 Å². The van der Waals surface area contributed by atoms with Crippen LogP contribution < -0.4 is 5.73 Å². The molecule has 0 spiro atoms. The molecule has 2 heteroatoms. The standard InChI is InChI=1S/C19H29NO/c20-18(12-6-10-17-11-7-15-21-17)19(13-4-5-14-19)16-8-2-1-3-9-16/h1-3,8-9,17-18H,4-7,10-15,20H2. The molecule has 1 saturated carbocycles. The zero-order valence-corrected chi connectivity index (χ0v) is 13.1. The Morgan fingerprint density at radius 1 is 1.14 bits per heavy atom. The number of hydrogen-bond donors (Lipinski definition) is 1. The summed E-state index contributed by atoms with van der Waals surface area (Å²) in [7, 11) is 0. The fourth-order valence-corrected chi connectivity index (χ4v) is 4.36. The Hall–Kier alpha value is -0.860. The molecule has 2 unspecified atom stereocenters. The van der Waals surface area contributed by atoms with Crippen molar-refractivity contribution in [3.63, 3.8) is 0 Å². The molecule has 0 bridgehead atoms. The number of rotatable bonds is 6. The van der Waals surface area contributed by atoms with Gasteiger partial charge in [-0.25, -0.2) is 0 Å². The normalized spacial score (nSPS) is 26.0. The van der Waals surface area contributed by atoms with Gasteiger partial charge in [-0.1, -0.05) is 43.2 Å². The number of hydrogen-bond acceptors (Lipinski definition) is 2. The van der Waals surface area contributed by atoms with Crippen molar-refractivity contribution in [3.05, 3.63) is 35.9 Å². The number of benzene rings is 1. The van der Waals surface area contributed by atoms with Crippen LogP contribution in [-0.2, 0) is 10.2 Å². The predicted octanol–water partition coefficient (Wildman–Crippen LogP) is 4.18.